The number of hydrogen-bond donors (Lipinski definition) is 2. The van der Waals surface area contributed by atoms with Gasteiger partial charge in [-0.05, 0) is 17.2 Å². The SMILES string of the molecule is O=S(=O)(Cc1ccccc1)NCCNCc1cccnc1. The number of hydrogen-bond acceptors (Lipinski definition) is 4. The molecule has 21 heavy (non-hydrogen) atoms. The summed E-state index contributed by atoms with van der Waals surface area (Å²) in [5.41, 5.74) is 1.86. The van der Waals surface area contributed by atoms with Gasteiger partial charge in [-0.25, -0.2) is 13.1 Å². The van der Waals surface area contributed by atoms with Gasteiger partial charge in [0.25, 0.3) is 0 Å². The lowest BCUT2D eigenvalue weighted by Crippen LogP contribution is -2.32. The van der Waals surface area contributed by atoms with E-state index < -0.39 is 10.0 Å². The molecule has 0 unspecified atom stereocenters. The summed E-state index contributed by atoms with van der Waals surface area (Å²) in [6, 6.07) is 13.0. The Morgan fingerprint density at radius 1 is 0.952 bits per heavy atom. The molecule has 2 aromatic rings. The monoisotopic (exact) mass is 305 g/mol. The highest BCUT2D eigenvalue weighted by atomic mass is 32.2. The zero-order chi connectivity index (χ0) is 15.0. The van der Waals surface area contributed by atoms with E-state index in [9.17, 15) is 8.42 Å². The van der Waals surface area contributed by atoms with Crippen molar-refractivity contribution < 1.29 is 8.42 Å². The highest BCUT2D eigenvalue weighted by molar-refractivity contribution is 7.88. The maximum absolute atomic E-state index is 11.9. The molecule has 0 saturated carbocycles. The molecule has 0 aliphatic rings. The van der Waals surface area contributed by atoms with E-state index in [4.69, 9.17) is 0 Å². The molecule has 0 atom stereocenters. The Hall–Kier alpha value is -1.76. The minimum Gasteiger partial charge on any atom is -0.311 e. The highest BCUT2D eigenvalue weighted by Gasteiger charge is 2.09. The Labute approximate surface area is 125 Å². The van der Waals surface area contributed by atoms with E-state index in [1.165, 1.54) is 0 Å². The van der Waals surface area contributed by atoms with Gasteiger partial charge in [-0.3, -0.25) is 4.98 Å². The maximum atomic E-state index is 11.9. The van der Waals surface area contributed by atoms with Crippen LogP contribution >= 0.6 is 0 Å². The van der Waals surface area contributed by atoms with Gasteiger partial charge in [0.15, 0.2) is 0 Å². The van der Waals surface area contributed by atoms with Crippen molar-refractivity contribution in [3.05, 3.63) is 66.0 Å². The van der Waals surface area contributed by atoms with Crippen molar-refractivity contribution in [2.75, 3.05) is 13.1 Å². The summed E-state index contributed by atoms with van der Waals surface area (Å²) >= 11 is 0. The number of rotatable bonds is 8. The van der Waals surface area contributed by atoms with E-state index in [0.29, 0.717) is 19.6 Å². The molecule has 1 aromatic heterocycles. The summed E-state index contributed by atoms with van der Waals surface area (Å²) in [4.78, 5) is 4.02. The van der Waals surface area contributed by atoms with Gasteiger partial charge >= 0.3 is 0 Å². The summed E-state index contributed by atoms with van der Waals surface area (Å²) in [6.07, 6.45) is 3.51. The first-order valence-electron chi connectivity index (χ1n) is 6.76. The Bertz CT molecular complexity index is 630. The van der Waals surface area contributed by atoms with Crippen molar-refractivity contribution in [1.82, 2.24) is 15.0 Å². The van der Waals surface area contributed by atoms with E-state index in [0.717, 1.165) is 11.1 Å². The number of benzene rings is 1. The van der Waals surface area contributed by atoms with E-state index in [2.05, 4.69) is 15.0 Å². The molecule has 0 bridgehead atoms. The predicted molar refractivity (Wildman–Crippen MR) is 83.0 cm³/mol. The van der Waals surface area contributed by atoms with Crippen LogP contribution in [0.15, 0.2) is 54.9 Å². The lowest BCUT2D eigenvalue weighted by Gasteiger charge is -2.08. The summed E-state index contributed by atoms with van der Waals surface area (Å²) in [5, 5.41) is 3.17. The number of nitrogens with one attached hydrogen (secondary N) is 2. The van der Waals surface area contributed by atoms with Crippen molar-refractivity contribution in [3.63, 3.8) is 0 Å². The van der Waals surface area contributed by atoms with Crippen molar-refractivity contribution in [3.8, 4) is 0 Å². The molecule has 2 rings (SSSR count). The Morgan fingerprint density at radius 2 is 1.71 bits per heavy atom. The van der Waals surface area contributed by atoms with Gasteiger partial charge in [0.2, 0.25) is 10.0 Å². The van der Waals surface area contributed by atoms with Crippen molar-refractivity contribution in [2.45, 2.75) is 12.3 Å². The van der Waals surface area contributed by atoms with Crippen molar-refractivity contribution in [1.29, 1.82) is 0 Å². The van der Waals surface area contributed by atoms with Gasteiger partial charge in [-0.1, -0.05) is 36.4 Å². The predicted octanol–water partition coefficient (Wildman–Crippen LogP) is 1.29. The summed E-state index contributed by atoms with van der Waals surface area (Å²) in [5.74, 6) is 0.0104. The van der Waals surface area contributed by atoms with Gasteiger partial charge in [-0.2, -0.15) is 0 Å². The summed E-state index contributed by atoms with van der Waals surface area (Å²) in [6.45, 7) is 1.62. The van der Waals surface area contributed by atoms with Gasteiger partial charge in [0.1, 0.15) is 0 Å². The lowest BCUT2D eigenvalue weighted by molar-refractivity contribution is 0.575. The fourth-order valence-electron chi connectivity index (χ4n) is 1.88. The fraction of sp³-hybridized carbons (Fsp3) is 0.267. The van der Waals surface area contributed by atoms with Crippen LogP contribution in [0.3, 0.4) is 0 Å². The van der Waals surface area contributed by atoms with Crippen LogP contribution < -0.4 is 10.0 Å². The average Bonchev–Trinajstić information content (AvgIpc) is 2.48. The molecule has 6 heteroatoms. The van der Waals surface area contributed by atoms with Gasteiger partial charge < -0.3 is 5.32 Å². The van der Waals surface area contributed by atoms with Gasteiger partial charge in [-0.15, -0.1) is 0 Å². The molecular formula is C15H19N3O2S. The molecule has 1 aromatic carbocycles. The van der Waals surface area contributed by atoms with Gasteiger partial charge in [0.05, 0.1) is 5.75 Å². The smallest absolute Gasteiger partial charge is 0.215 e. The van der Waals surface area contributed by atoms with E-state index in [1.54, 1.807) is 24.5 Å². The molecule has 0 radical (unpaired) electrons. The van der Waals surface area contributed by atoms with E-state index in [-0.39, 0.29) is 5.75 Å². The standard InChI is InChI=1S/C15H19N3O2S/c19-21(20,13-14-5-2-1-3-6-14)18-10-9-17-12-15-7-4-8-16-11-15/h1-8,11,17-18H,9-10,12-13H2. The van der Waals surface area contributed by atoms with Crippen LogP contribution in [0.25, 0.3) is 0 Å². The van der Waals surface area contributed by atoms with Crippen molar-refractivity contribution in [2.24, 2.45) is 0 Å². The minimum atomic E-state index is -3.28. The van der Waals surface area contributed by atoms with Crippen LogP contribution in [0, 0.1) is 0 Å². The first kappa shape index (κ1) is 15.6. The molecule has 2 N–H and O–H groups in total. The molecule has 0 spiro atoms. The first-order chi connectivity index (χ1) is 10.2. The average molecular weight is 305 g/mol. The molecule has 1 heterocycles. The third-order valence-corrected chi connectivity index (χ3v) is 4.23. The highest BCUT2D eigenvalue weighted by Crippen LogP contribution is 2.03. The zero-order valence-electron chi connectivity index (χ0n) is 11.7. The van der Waals surface area contributed by atoms with Crippen LogP contribution in [0.1, 0.15) is 11.1 Å². The third kappa shape index (κ3) is 6.03. The first-order valence-corrected chi connectivity index (χ1v) is 8.42. The normalized spacial score (nSPS) is 11.4. The largest absolute Gasteiger partial charge is 0.311 e. The molecule has 0 aliphatic carbocycles. The number of sulfonamides is 1. The molecule has 0 saturated heterocycles. The van der Waals surface area contributed by atoms with Crippen LogP contribution in [0.4, 0.5) is 0 Å². The van der Waals surface area contributed by atoms with Crippen LogP contribution in [0.5, 0.6) is 0 Å². The molecular weight excluding hydrogens is 286 g/mol. The summed E-state index contributed by atoms with van der Waals surface area (Å²) in [7, 11) is -3.28. The quantitative estimate of drug-likeness (QED) is 0.721. The fourth-order valence-corrected chi connectivity index (χ4v) is 3.02. The molecule has 0 aliphatic heterocycles. The van der Waals surface area contributed by atoms with Crippen LogP contribution in [-0.2, 0) is 22.3 Å². The summed E-state index contributed by atoms with van der Waals surface area (Å²) < 4.78 is 26.4. The second-order valence-electron chi connectivity index (χ2n) is 4.68. The Balaban J connectivity index is 1.68. The van der Waals surface area contributed by atoms with Crippen LogP contribution in [-0.4, -0.2) is 26.5 Å². The van der Waals surface area contributed by atoms with E-state index >= 15 is 0 Å². The number of nitrogens with zero attached hydrogens (tertiary/aromatic N) is 1. The Kier molecular flexibility index (Phi) is 5.86. The molecule has 5 nitrogen and oxygen atoms in total. The molecule has 0 amide bonds. The lowest BCUT2D eigenvalue weighted by atomic mass is 10.2. The Morgan fingerprint density at radius 3 is 2.43 bits per heavy atom. The third-order valence-electron chi connectivity index (χ3n) is 2.88. The molecule has 0 fully saturated rings. The number of pyridine rings is 1. The maximum Gasteiger partial charge on any atom is 0.215 e. The number of aromatic nitrogens is 1. The second kappa shape index (κ2) is 7.87. The van der Waals surface area contributed by atoms with E-state index in [1.807, 2.05) is 30.3 Å². The zero-order valence-corrected chi connectivity index (χ0v) is 12.5. The molecule has 112 valence electrons. The second-order valence-corrected chi connectivity index (χ2v) is 6.48. The van der Waals surface area contributed by atoms with Crippen molar-refractivity contribution >= 4 is 10.0 Å². The van der Waals surface area contributed by atoms with Gasteiger partial charge in [0, 0.05) is 32.0 Å². The van der Waals surface area contributed by atoms with Crippen LogP contribution in [0.2, 0.25) is 0 Å². The minimum absolute atomic E-state index is 0.0104. The topological polar surface area (TPSA) is 71.1 Å².